The second-order valence-corrected chi connectivity index (χ2v) is 7.78. The third-order valence-electron chi connectivity index (χ3n) is 5.60. The van der Waals surface area contributed by atoms with Crippen LogP contribution in [0.5, 0.6) is 5.75 Å². The molecule has 0 spiro atoms. The first kappa shape index (κ1) is 22.8. The van der Waals surface area contributed by atoms with E-state index in [1.54, 1.807) is 40.3 Å². The Morgan fingerprint density at radius 1 is 1.18 bits per heavy atom. The Kier molecular flexibility index (Phi) is 6.64. The fraction of sp³-hybridized carbons (Fsp3) is 0.348. The molecule has 1 aromatic heterocycles. The predicted octanol–water partition coefficient (Wildman–Crippen LogP) is 2.99. The molecule has 1 unspecified atom stereocenters. The van der Waals surface area contributed by atoms with Crippen LogP contribution in [-0.2, 0) is 9.59 Å². The van der Waals surface area contributed by atoms with Crippen molar-refractivity contribution in [3.05, 3.63) is 60.3 Å². The zero-order chi connectivity index (χ0) is 23.4. The number of carbonyl (C=O) groups is 2. The molecule has 1 saturated heterocycles. The van der Waals surface area contributed by atoms with Crippen LogP contribution >= 0.6 is 0 Å². The van der Waals surface area contributed by atoms with Crippen molar-refractivity contribution in [1.82, 2.24) is 15.2 Å². The summed E-state index contributed by atoms with van der Waals surface area (Å²) < 4.78 is 41.4. The van der Waals surface area contributed by atoms with Crippen molar-refractivity contribution in [1.29, 1.82) is 0 Å². The Hall–Kier alpha value is -3.40. The molecular weight excluding hydrogens is 437 g/mol. The highest BCUT2D eigenvalue weighted by Crippen LogP contribution is 2.29. The second kappa shape index (κ2) is 9.62. The number of alkyl halides is 3. The summed E-state index contributed by atoms with van der Waals surface area (Å²) in [7, 11) is 0. The molecule has 2 aromatic rings. The molecule has 2 aliphatic heterocycles. The highest BCUT2D eigenvalue weighted by molar-refractivity contribution is 5.99. The third kappa shape index (κ3) is 5.70. The van der Waals surface area contributed by atoms with Gasteiger partial charge in [-0.15, -0.1) is 13.2 Å². The van der Waals surface area contributed by atoms with Gasteiger partial charge < -0.3 is 15.0 Å². The minimum atomic E-state index is -4.75. The van der Waals surface area contributed by atoms with Crippen molar-refractivity contribution in [3.8, 4) is 5.75 Å². The van der Waals surface area contributed by atoms with Crippen molar-refractivity contribution < 1.29 is 27.5 Å². The summed E-state index contributed by atoms with van der Waals surface area (Å²) in [6.07, 6.45) is -0.787. The summed E-state index contributed by atoms with van der Waals surface area (Å²) in [5, 5.41) is 3.11. The van der Waals surface area contributed by atoms with Gasteiger partial charge in [0.15, 0.2) is 0 Å². The summed E-state index contributed by atoms with van der Waals surface area (Å²) in [4.78, 5) is 33.1. The highest BCUT2D eigenvalue weighted by Gasteiger charge is 2.33. The average molecular weight is 460 g/mol. The maximum Gasteiger partial charge on any atom is 0.573 e. The van der Waals surface area contributed by atoms with Gasteiger partial charge in [-0.1, -0.05) is 24.3 Å². The maximum atomic E-state index is 12.9. The number of nitrogens with zero attached hydrogens (tertiary/aromatic N) is 3. The number of pyridine rings is 1. The van der Waals surface area contributed by atoms with Crippen LogP contribution in [0.2, 0.25) is 0 Å². The van der Waals surface area contributed by atoms with Crippen LogP contribution in [0.4, 0.5) is 19.0 Å². The van der Waals surface area contributed by atoms with Gasteiger partial charge in [-0.3, -0.25) is 14.5 Å². The van der Waals surface area contributed by atoms with Crippen LogP contribution in [-0.4, -0.2) is 60.3 Å². The van der Waals surface area contributed by atoms with Gasteiger partial charge in [0.25, 0.3) is 0 Å². The number of amides is 2. The van der Waals surface area contributed by atoms with Gasteiger partial charge in [-0.05, 0) is 41.8 Å². The average Bonchev–Trinajstić information content (AvgIpc) is 2.80. The van der Waals surface area contributed by atoms with Gasteiger partial charge in [0.05, 0.1) is 12.5 Å². The number of aromatic nitrogens is 1. The number of anilines is 1. The van der Waals surface area contributed by atoms with Crippen molar-refractivity contribution in [3.63, 3.8) is 0 Å². The Morgan fingerprint density at radius 2 is 2.03 bits per heavy atom. The lowest BCUT2D eigenvalue weighted by atomic mass is 9.98. The number of halogens is 3. The van der Waals surface area contributed by atoms with Crippen LogP contribution < -0.4 is 15.0 Å². The molecule has 7 nitrogen and oxygen atoms in total. The number of rotatable bonds is 5. The van der Waals surface area contributed by atoms with Gasteiger partial charge >= 0.3 is 6.36 Å². The van der Waals surface area contributed by atoms with E-state index >= 15 is 0 Å². The van der Waals surface area contributed by atoms with Crippen LogP contribution in [0.15, 0.2) is 54.7 Å². The number of hydrogen-bond donors (Lipinski definition) is 1. The number of ether oxygens (including phenoxy) is 1. The molecular formula is C23H23F3N4O3. The van der Waals surface area contributed by atoms with E-state index in [1.807, 2.05) is 6.08 Å². The number of carbonyl (C=O) groups excluding carboxylic acids is 2. The molecule has 0 bridgehead atoms. The van der Waals surface area contributed by atoms with Gasteiger partial charge in [-0.2, -0.15) is 0 Å². The topological polar surface area (TPSA) is 74.8 Å². The summed E-state index contributed by atoms with van der Waals surface area (Å²) >= 11 is 0. The fourth-order valence-electron chi connectivity index (χ4n) is 3.99. The minimum Gasteiger partial charge on any atom is -0.406 e. The van der Waals surface area contributed by atoms with Crippen molar-refractivity contribution in [2.75, 3.05) is 31.1 Å². The van der Waals surface area contributed by atoms with Crippen molar-refractivity contribution in [2.45, 2.75) is 25.2 Å². The number of piperazine rings is 1. The molecule has 174 valence electrons. The summed E-state index contributed by atoms with van der Waals surface area (Å²) in [5.41, 5.74) is 1.47. The molecule has 0 aliphatic carbocycles. The van der Waals surface area contributed by atoms with Gasteiger partial charge in [0, 0.05) is 32.4 Å². The van der Waals surface area contributed by atoms with E-state index in [-0.39, 0.29) is 24.0 Å². The standard InChI is InChI=1S/C23H23F3N4O3/c24-23(25,26)33-18-5-3-4-17(14-18)16-7-11-29(12-8-16)21(31)15-19-22(32)30(13-10-27-19)20-6-1-2-9-28-20/h1-7,9,14,19,27H,8,10-13,15H2. The molecule has 1 N–H and O–H groups in total. The number of benzene rings is 1. The van der Waals surface area contributed by atoms with Crippen molar-refractivity contribution >= 4 is 23.2 Å². The molecule has 2 aliphatic rings. The second-order valence-electron chi connectivity index (χ2n) is 7.78. The van der Waals surface area contributed by atoms with Gasteiger partial charge in [0.1, 0.15) is 11.6 Å². The van der Waals surface area contributed by atoms with E-state index in [1.165, 1.54) is 18.2 Å². The zero-order valence-electron chi connectivity index (χ0n) is 17.7. The lowest BCUT2D eigenvalue weighted by Crippen LogP contribution is -2.57. The zero-order valence-corrected chi connectivity index (χ0v) is 17.7. The van der Waals surface area contributed by atoms with Gasteiger partial charge in [0.2, 0.25) is 11.8 Å². The lowest BCUT2D eigenvalue weighted by molar-refractivity contribution is -0.274. The number of hydrogen-bond acceptors (Lipinski definition) is 5. The van der Waals surface area contributed by atoms with E-state index < -0.39 is 12.4 Å². The Balaban J connectivity index is 1.36. The first-order valence-electron chi connectivity index (χ1n) is 10.6. The van der Waals surface area contributed by atoms with E-state index in [0.717, 1.165) is 5.57 Å². The first-order chi connectivity index (χ1) is 15.8. The molecule has 1 aromatic carbocycles. The van der Waals surface area contributed by atoms with E-state index in [2.05, 4.69) is 15.0 Å². The predicted molar refractivity (Wildman–Crippen MR) is 115 cm³/mol. The quantitative estimate of drug-likeness (QED) is 0.743. The normalized spacial score (nSPS) is 19.3. The lowest BCUT2D eigenvalue weighted by Gasteiger charge is -2.34. The van der Waals surface area contributed by atoms with E-state index in [0.29, 0.717) is 44.0 Å². The third-order valence-corrected chi connectivity index (χ3v) is 5.60. The highest BCUT2D eigenvalue weighted by atomic mass is 19.4. The Labute approximate surface area is 188 Å². The van der Waals surface area contributed by atoms with Crippen LogP contribution in [0.3, 0.4) is 0 Å². The molecule has 2 amide bonds. The number of nitrogens with one attached hydrogen (secondary N) is 1. The fourth-order valence-corrected chi connectivity index (χ4v) is 3.99. The minimum absolute atomic E-state index is 0.0280. The molecule has 1 fully saturated rings. The van der Waals surface area contributed by atoms with E-state index in [9.17, 15) is 22.8 Å². The van der Waals surface area contributed by atoms with Crippen molar-refractivity contribution in [2.24, 2.45) is 0 Å². The molecule has 0 radical (unpaired) electrons. The molecule has 33 heavy (non-hydrogen) atoms. The Bertz CT molecular complexity index is 1040. The van der Waals surface area contributed by atoms with E-state index in [4.69, 9.17) is 0 Å². The first-order valence-corrected chi connectivity index (χ1v) is 10.6. The smallest absolute Gasteiger partial charge is 0.406 e. The summed E-state index contributed by atoms with van der Waals surface area (Å²) in [6, 6.07) is 10.5. The van der Waals surface area contributed by atoms with Crippen LogP contribution in [0.1, 0.15) is 18.4 Å². The van der Waals surface area contributed by atoms with Crippen LogP contribution in [0.25, 0.3) is 5.57 Å². The molecule has 1 atom stereocenters. The molecule has 10 heteroatoms. The summed E-state index contributed by atoms with van der Waals surface area (Å²) in [6.45, 7) is 1.78. The van der Waals surface area contributed by atoms with Gasteiger partial charge in [-0.25, -0.2) is 4.98 Å². The molecule has 3 heterocycles. The maximum absolute atomic E-state index is 12.9. The monoisotopic (exact) mass is 460 g/mol. The largest absolute Gasteiger partial charge is 0.573 e. The SMILES string of the molecule is O=C(CC1NCCN(c2ccccn2)C1=O)N1CC=C(c2cccc(OC(F)(F)F)c2)CC1. The Morgan fingerprint density at radius 3 is 2.73 bits per heavy atom. The van der Waals surface area contributed by atoms with Crippen LogP contribution in [0, 0.1) is 0 Å². The molecule has 0 saturated carbocycles. The molecule has 4 rings (SSSR count). The summed E-state index contributed by atoms with van der Waals surface area (Å²) in [5.74, 6) is -0.0707.